The van der Waals surface area contributed by atoms with Crippen molar-refractivity contribution in [3.63, 3.8) is 0 Å². The van der Waals surface area contributed by atoms with Crippen LogP contribution in [0.4, 0.5) is 0 Å². The van der Waals surface area contributed by atoms with Crippen molar-refractivity contribution in [3.8, 4) is 0 Å². The van der Waals surface area contributed by atoms with Gasteiger partial charge in [-0.05, 0) is 30.7 Å². The van der Waals surface area contributed by atoms with Crippen LogP contribution in [0, 0.1) is 11.8 Å². The van der Waals surface area contributed by atoms with Crippen LogP contribution >= 0.6 is 11.3 Å². The van der Waals surface area contributed by atoms with E-state index in [1.165, 1.54) is 0 Å². The molecule has 1 aliphatic rings. The third-order valence-corrected chi connectivity index (χ3v) is 5.19. The summed E-state index contributed by atoms with van der Waals surface area (Å²) < 4.78 is 0. The Balaban J connectivity index is 2.05. The molecule has 0 aliphatic heterocycles. The van der Waals surface area contributed by atoms with Crippen molar-refractivity contribution in [1.29, 1.82) is 0 Å². The molecule has 3 atom stereocenters. The van der Waals surface area contributed by atoms with E-state index in [1.807, 2.05) is 17.5 Å². The maximum atomic E-state index is 12.5. The van der Waals surface area contributed by atoms with Gasteiger partial charge in [0.1, 0.15) is 0 Å². The van der Waals surface area contributed by atoms with Crippen LogP contribution in [0.1, 0.15) is 56.4 Å². The summed E-state index contributed by atoms with van der Waals surface area (Å²) in [6, 6.07) is 4.02. The van der Waals surface area contributed by atoms with Gasteiger partial charge in [0.15, 0.2) is 0 Å². The van der Waals surface area contributed by atoms with Gasteiger partial charge in [0, 0.05) is 4.88 Å². The number of hydrogen-bond acceptors (Lipinski definition) is 3. The Bertz CT molecular complexity index is 472. The summed E-state index contributed by atoms with van der Waals surface area (Å²) in [6.07, 6.45) is 5.02. The standard InChI is InChI=1S/C16H23NO3S/c1-2-6-13(14-9-5-10-21-14)17-15(18)11-7-3-4-8-12(11)16(19)20/h5,9-13H,2-4,6-8H2,1H3,(H,17,18)(H,19,20). The Morgan fingerprint density at radius 1 is 1.38 bits per heavy atom. The van der Waals surface area contributed by atoms with Crippen molar-refractivity contribution < 1.29 is 14.7 Å². The number of nitrogens with one attached hydrogen (secondary N) is 1. The second-order valence-corrected chi connectivity index (χ2v) is 6.68. The molecule has 1 aliphatic carbocycles. The van der Waals surface area contributed by atoms with E-state index < -0.39 is 11.9 Å². The summed E-state index contributed by atoms with van der Waals surface area (Å²) in [6.45, 7) is 2.09. The highest BCUT2D eigenvalue weighted by Crippen LogP contribution is 2.32. The van der Waals surface area contributed by atoms with E-state index in [4.69, 9.17) is 0 Å². The molecule has 2 rings (SSSR count). The molecule has 1 amide bonds. The number of rotatable bonds is 6. The number of thiophene rings is 1. The number of carboxylic acids is 1. The Morgan fingerprint density at radius 2 is 2.10 bits per heavy atom. The van der Waals surface area contributed by atoms with Crippen LogP contribution < -0.4 is 5.32 Å². The summed E-state index contributed by atoms with van der Waals surface area (Å²) in [5.74, 6) is -1.83. The van der Waals surface area contributed by atoms with E-state index in [9.17, 15) is 14.7 Å². The van der Waals surface area contributed by atoms with Crippen LogP contribution in [0.15, 0.2) is 17.5 Å². The minimum absolute atomic E-state index is 0.0128. The molecule has 5 heteroatoms. The molecule has 1 heterocycles. The zero-order valence-corrected chi connectivity index (χ0v) is 13.2. The molecule has 3 unspecified atom stereocenters. The van der Waals surface area contributed by atoms with Crippen molar-refractivity contribution in [3.05, 3.63) is 22.4 Å². The van der Waals surface area contributed by atoms with Crippen molar-refractivity contribution in [1.82, 2.24) is 5.32 Å². The van der Waals surface area contributed by atoms with Crippen molar-refractivity contribution in [2.45, 2.75) is 51.5 Å². The predicted octanol–water partition coefficient (Wildman–Crippen LogP) is 3.60. The van der Waals surface area contributed by atoms with Gasteiger partial charge in [-0.15, -0.1) is 11.3 Å². The van der Waals surface area contributed by atoms with Crippen LogP contribution in [0.25, 0.3) is 0 Å². The van der Waals surface area contributed by atoms with Gasteiger partial charge in [-0.2, -0.15) is 0 Å². The first-order valence-corrected chi connectivity index (χ1v) is 8.58. The van der Waals surface area contributed by atoms with Gasteiger partial charge in [0.05, 0.1) is 17.9 Å². The second kappa shape index (κ2) is 7.59. The smallest absolute Gasteiger partial charge is 0.307 e. The highest BCUT2D eigenvalue weighted by molar-refractivity contribution is 7.10. The third-order valence-electron chi connectivity index (χ3n) is 4.20. The lowest BCUT2D eigenvalue weighted by Crippen LogP contribution is -2.41. The lowest BCUT2D eigenvalue weighted by Gasteiger charge is -2.29. The van der Waals surface area contributed by atoms with Crippen LogP contribution in [-0.4, -0.2) is 17.0 Å². The first kappa shape index (κ1) is 16.0. The molecule has 0 saturated heterocycles. The molecule has 21 heavy (non-hydrogen) atoms. The van der Waals surface area contributed by atoms with E-state index in [0.717, 1.165) is 30.6 Å². The molecule has 116 valence electrons. The van der Waals surface area contributed by atoms with E-state index in [-0.39, 0.29) is 17.9 Å². The van der Waals surface area contributed by atoms with Crippen molar-refractivity contribution in [2.75, 3.05) is 0 Å². The van der Waals surface area contributed by atoms with Gasteiger partial charge in [-0.3, -0.25) is 9.59 Å². The molecule has 1 aromatic heterocycles. The maximum absolute atomic E-state index is 12.5. The maximum Gasteiger partial charge on any atom is 0.307 e. The van der Waals surface area contributed by atoms with Gasteiger partial charge in [0.25, 0.3) is 0 Å². The molecule has 2 N–H and O–H groups in total. The summed E-state index contributed by atoms with van der Waals surface area (Å²) in [4.78, 5) is 25.0. The number of aliphatic carboxylic acids is 1. The average molecular weight is 309 g/mol. The fraction of sp³-hybridized carbons (Fsp3) is 0.625. The fourth-order valence-corrected chi connectivity index (χ4v) is 3.90. The lowest BCUT2D eigenvalue weighted by atomic mass is 9.78. The van der Waals surface area contributed by atoms with Gasteiger partial charge in [-0.1, -0.05) is 32.3 Å². The van der Waals surface area contributed by atoms with E-state index in [2.05, 4.69) is 12.2 Å². The van der Waals surface area contributed by atoms with Crippen LogP contribution in [0.5, 0.6) is 0 Å². The average Bonchev–Trinajstić information content (AvgIpc) is 3.00. The largest absolute Gasteiger partial charge is 0.481 e. The molecule has 0 radical (unpaired) electrons. The molecule has 1 fully saturated rings. The summed E-state index contributed by atoms with van der Waals surface area (Å²) in [7, 11) is 0. The highest BCUT2D eigenvalue weighted by Gasteiger charge is 2.36. The van der Waals surface area contributed by atoms with Crippen molar-refractivity contribution >= 4 is 23.2 Å². The molecule has 0 aromatic carbocycles. The number of hydrogen-bond donors (Lipinski definition) is 2. The molecule has 1 saturated carbocycles. The second-order valence-electron chi connectivity index (χ2n) is 5.70. The quantitative estimate of drug-likeness (QED) is 0.844. The molecular weight excluding hydrogens is 286 g/mol. The zero-order valence-electron chi connectivity index (χ0n) is 12.4. The van der Waals surface area contributed by atoms with E-state index in [0.29, 0.717) is 12.8 Å². The van der Waals surface area contributed by atoms with Gasteiger partial charge in [0.2, 0.25) is 5.91 Å². The first-order valence-electron chi connectivity index (χ1n) is 7.70. The SMILES string of the molecule is CCCC(NC(=O)C1CCCCC1C(=O)O)c1cccs1. The third kappa shape index (κ3) is 4.06. The van der Waals surface area contributed by atoms with E-state index in [1.54, 1.807) is 11.3 Å². The van der Waals surface area contributed by atoms with Crippen LogP contribution in [0.2, 0.25) is 0 Å². The van der Waals surface area contributed by atoms with E-state index >= 15 is 0 Å². The Labute approximate surface area is 129 Å². The number of carbonyl (C=O) groups excluding carboxylic acids is 1. The normalized spacial score (nSPS) is 23.5. The summed E-state index contributed by atoms with van der Waals surface area (Å²) in [5, 5.41) is 14.4. The topological polar surface area (TPSA) is 66.4 Å². The molecule has 0 bridgehead atoms. The minimum atomic E-state index is -0.835. The lowest BCUT2D eigenvalue weighted by molar-refractivity contribution is -0.149. The molecular formula is C16H23NO3S. The molecule has 4 nitrogen and oxygen atoms in total. The monoisotopic (exact) mass is 309 g/mol. The zero-order chi connectivity index (χ0) is 15.2. The van der Waals surface area contributed by atoms with Gasteiger partial charge in [-0.25, -0.2) is 0 Å². The molecule has 0 spiro atoms. The summed E-state index contributed by atoms with van der Waals surface area (Å²) >= 11 is 1.64. The minimum Gasteiger partial charge on any atom is -0.481 e. The highest BCUT2D eigenvalue weighted by atomic mass is 32.1. The van der Waals surface area contributed by atoms with Crippen molar-refractivity contribution in [2.24, 2.45) is 11.8 Å². The number of amides is 1. The number of carboxylic acid groups (broad SMARTS) is 1. The summed E-state index contributed by atoms with van der Waals surface area (Å²) in [5.41, 5.74) is 0. The Morgan fingerprint density at radius 3 is 2.67 bits per heavy atom. The van der Waals surface area contributed by atoms with Gasteiger partial charge >= 0.3 is 5.97 Å². The fourth-order valence-electron chi connectivity index (χ4n) is 3.08. The Kier molecular flexibility index (Phi) is 5.79. The van der Waals surface area contributed by atoms with Crippen LogP contribution in [0.3, 0.4) is 0 Å². The number of carbonyl (C=O) groups is 2. The first-order chi connectivity index (χ1) is 10.1. The van der Waals surface area contributed by atoms with Gasteiger partial charge < -0.3 is 10.4 Å². The van der Waals surface area contributed by atoms with Crippen LogP contribution in [-0.2, 0) is 9.59 Å². The Hall–Kier alpha value is -1.36. The predicted molar refractivity (Wildman–Crippen MR) is 83.2 cm³/mol. The molecule has 1 aromatic rings.